The molecule has 0 radical (unpaired) electrons. The second-order valence-electron chi connectivity index (χ2n) is 11.4. The number of sulfonamides is 2. The van der Waals surface area contributed by atoms with Crippen molar-refractivity contribution in [2.24, 2.45) is 23.7 Å². The average Bonchev–Trinajstić information content (AvgIpc) is 3.15. The molecule has 0 saturated carbocycles. The van der Waals surface area contributed by atoms with Crippen LogP contribution in [0.5, 0.6) is 0 Å². The Morgan fingerprint density at radius 2 is 0.943 bits per heavy atom. The Morgan fingerprint density at radius 1 is 0.600 bits per heavy atom. The Labute approximate surface area is 210 Å². The molecule has 6 nitrogen and oxygen atoms in total. The molecule has 0 aromatic heterocycles. The van der Waals surface area contributed by atoms with E-state index < -0.39 is 20.0 Å². The summed E-state index contributed by atoms with van der Waals surface area (Å²) in [5, 5.41) is 0. The molecule has 2 saturated heterocycles. The summed E-state index contributed by atoms with van der Waals surface area (Å²) in [7, 11) is -7.12. The molecule has 2 aromatic rings. The van der Waals surface area contributed by atoms with E-state index in [2.05, 4.69) is 27.7 Å². The Morgan fingerprint density at radius 3 is 1.29 bits per heavy atom. The van der Waals surface area contributed by atoms with E-state index in [9.17, 15) is 16.8 Å². The number of rotatable bonds is 4. The van der Waals surface area contributed by atoms with E-state index in [1.807, 2.05) is 12.1 Å². The highest BCUT2D eigenvalue weighted by Crippen LogP contribution is 2.40. The summed E-state index contributed by atoms with van der Waals surface area (Å²) in [5.41, 5.74) is 3.86. The topological polar surface area (TPSA) is 74.8 Å². The van der Waals surface area contributed by atoms with Crippen LogP contribution in [0, 0.1) is 23.7 Å². The predicted molar refractivity (Wildman–Crippen MR) is 138 cm³/mol. The zero-order chi connectivity index (χ0) is 25.1. The number of nitrogens with zero attached hydrogens (tertiary/aromatic N) is 2. The van der Waals surface area contributed by atoms with Gasteiger partial charge in [-0.15, -0.1) is 0 Å². The second kappa shape index (κ2) is 8.98. The molecule has 4 atom stereocenters. The summed E-state index contributed by atoms with van der Waals surface area (Å²) in [4.78, 5) is 0.656. The van der Waals surface area contributed by atoms with Crippen LogP contribution in [0.25, 0.3) is 11.1 Å². The lowest BCUT2D eigenvalue weighted by molar-refractivity contribution is 0.222. The molecule has 2 heterocycles. The van der Waals surface area contributed by atoms with E-state index in [-0.39, 0.29) is 0 Å². The van der Waals surface area contributed by atoms with Gasteiger partial charge in [0, 0.05) is 26.2 Å². The molecule has 8 heteroatoms. The number of fused-ring (bicyclic) bond motifs is 3. The van der Waals surface area contributed by atoms with Crippen molar-refractivity contribution in [3.8, 4) is 11.1 Å². The van der Waals surface area contributed by atoms with Gasteiger partial charge in [0.1, 0.15) is 0 Å². The van der Waals surface area contributed by atoms with Gasteiger partial charge in [-0.05, 0) is 89.5 Å². The summed E-state index contributed by atoms with van der Waals surface area (Å²) in [6.07, 6.45) is 2.63. The number of hydrogen-bond donors (Lipinski definition) is 0. The summed E-state index contributed by atoms with van der Waals surface area (Å²) in [6, 6.07) is 10.7. The lowest BCUT2D eigenvalue weighted by Crippen LogP contribution is -2.42. The third-order valence-electron chi connectivity index (χ3n) is 7.77. The molecule has 5 rings (SSSR count). The van der Waals surface area contributed by atoms with Crippen LogP contribution in [0.4, 0.5) is 0 Å². The van der Waals surface area contributed by atoms with Crippen LogP contribution in [0.2, 0.25) is 0 Å². The highest BCUT2D eigenvalue weighted by Gasteiger charge is 2.34. The first kappa shape index (κ1) is 24.9. The van der Waals surface area contributed by atoms with E-state index in [1.165, 1.54) is 0 Å². The molecule has 190 valence electrons. The first-order valence-electron chi connectivity index (χ1n) is 12.7. The molecular formula is C27H36N2O4S2. The zero-order valence-electron chi connectivity index (χ0n) is 21.1. The third kappa shape index (κ3) is 4.59. The minimum absolute atomic E-state index is 0.328. The van der Waals surface area contributed by atoms with Crippen molar-refractivity contribution in [1.29, 1.82) is 0 Å². The van der Waals surface area contributed by atoms with E-state index in [1.54, 1.807) is 32.9 Å². The van der Waals surface area contributed by atoms with Crippen molar-refractivity contribution in [3.05, 3.63) is 47.5 Å². The average molecular weight is 517 g/mol. The van der Waals surface area contributed by atoms with Gasteiger partial charge in [0.15, 0.2) is 0 Å². The van der Waals surface area contributed by atoms with Crippen molar-refractivity contribution in [1.82, 2.24) is 8.61 Å². The number of piperidine rings is 2. The van der Waals surface area contributed by atoms with Gasteiger partial charge in [-0.1, -0.05) is 39.8 Å². The molecule has 2 aromatic carbocycles. The van der Waals surface area contributed by atoms with Crippen LogP contribution in [0.1, 0.15) is 51.7 Å². The molecule has 0 amide bonds. The number of benzene rings is 2. The summed E-state index contributed by atoms with van der Waals surface area (Å²) >= 11 is 0. The molecule has 2 fully saturated rings. The fourth-order valence-electron chi connectivity index (χ4n) is 6.39. The highest BCUT2D eigenvalue weighted by molar-refractivity contribution is 7.89. The van der Waals surface area contributed by atoms with Crippen LogP contribution < -0.4 is 0 Å². The largest absolute Gasteiger partial charge is 0.243 e. The van der Waals surface area contributed by atoms with E-state index >= 15 is 0 Å². The minimum atomic E-state index is -3.56. The molecule has 2 aliphatic heterocycles. The lowest BCUT2D eigenvalue weighted by Gasteiger charge is -2.34. The lowest BCUT2D eigenvalue weighted by atomic mass is 9.94. The first-order chi connectivity index (χ1) is 16.4. The maximum atomic E-state index is 13.4. The molecule has 0 bridgehead atoms. The Bertz CT molecular complexity index is 1230. The van der Waals surface area contributed by atoms with Crippen molar-refractivity contribution >= 4 is 20.0 Å². The molecule has 0 N–H and O–H groups in total. The second-order valence-corrected chi connectivity index (χ2v) is 15.2. The maximum absolute atomic E-state index is 13.4. The summed E-state index contributed by atoms with van der Waals surface area (Å²) in [5.74, 6) is 1.38. The van der Waals surface area contributed by atoms with Crippen LogP contribution in [-0.4, -0.2) is 51.6 Å². The Kier molecular flexibility index (Phi) is 6.39. The van der Waals surface area contributed by atoms with Crippen LogP contribution in [0.3, 0.4) is 0 Å². The quantitative estimate of drug-likeness (QED) is 0.508. The van der Waals surface area contributed by atoms with Crippen LogP contribution in [0.15, 0.2) is 46.2 Å². The summed E-state index contributed by atoms with van der Waals surface area (Å²) in [6.45, 7) is 10.6. The molecule has 1 aliphatic carbocycles. The maximum Gasteiger partial charge on any atom is 0.243 e. The van der Waals surface area contributed by atoms with Gasteiger partial charge in [-0.3, -0.25) is 0 Å². The minimum Gasteiger partial charge on any atom is -0.207 e. The smallest absolute Gasteiger partial charge is 0.207 e. The van der Waals surface area contributed by atoms with E-state index in [0.717, 1.165) is 35.1 Å². The molecule has 0 spiro atoms. The number of hydrogen-bond acceptors (Lipinski definition) is 4. The standard InChI is InChI=1S/C27H36N2O4S2/c1-18-9-19(2)15-28(14-18)34(30,31)24-5-7-26-22(12-24)11-23-13-25(6-8-27(23)26)35(32,33)29-16-20(3)10-21(4)17-29/h5-8,12-13,18-21H,9-11,14-17H2,1-4H3/t18-,19-,20-,21+/m1/s1. The van der Waals surface area contributed by atoms with Gasteiger partial charge in [-0.25, -0.2) is 16.8 Å². The molecule has 35 heavy (non-hydrogen) atoms. The third-order valence-corrected chi connectivity index (χ3v) is 11.4. The molecule has 0 unspecified atom stereocenters. The van der Waals surface area contributed by atoms with Gasteiger partial charge < -0.3 is 0 Å². The Hall–Kier alpha value is -1.74. The van der Waals surface area contributed by atoms with Crippen molar-refractivity contribution < 1.29 is 16.8 Å². The summed E-state index contributed by atoms with van der Waals surface area (Å²) < 4.78 is 56.9. The molecule has 3 aliphatic rings. The zero-order valence-corrected chi connectivity index (χ0v) is 22.7. The van der Waals surface area contributed by atoms with Gasteiger partial charge in [0.2, 0.25) is 20.0 Å². The van der Waals surface area contributed by atoms with Crippen molar-refractivity contribution in [2.45, 2.75) is 56.7 Å². The fourth-order valence-corrected chi connectivity index (χ4v) is 9.85. The van der Waals surface area contributed by atoms with Gasteiger partial charge in [-0.2, -0.15) is 8.61 Å². The van der Waals surface area contributed by atoms with E-state index in [0.29, 0.717) is 66.1 Å². The van der Waals surface area contributed by atoms with Gasteiger partial charge in [0.05, 0.1) is 9.79 Å². The fraction of sp³-hybridized carbons (Fsp3) is 0.556. The normalized spacial score (nSPS) is 28.0. The van der Waals surface area contributed by atoms with Crippen LogP contribution >= 0.6 is 0 Å². The SMILES string of the molecule is C[C@@H]1C[C@@H](C)CN(S(=O)(=O)c2ccc3c(c2)Cc2cc(S(=O)(=O)N4C[C@H](C)C[C@H](C)C4)ccc2-3)C1. The van der Waals surface area contributed by atoms with Gasteiger partial charge in [0.25, 0.3) is 0 Å². The molecular weight excluding hydrogens is 480 g/mol. The monoisotopic (exact) mass is 516 g/mol. The van der Waals surface area contributed by atoms with Crippen molar-refractivity contribution in [2.75, 3.05) is 26.2 Å². The first-order valence-corrected chi connectivity index (χ1v) is 15.6. The highest BCUT2D eigenvalue weighted by atomic mass is 32.2. The predicted octanol–water partition coefficient (Wildman–Crippen LogP) is 4.59. The van der Waals surface area contributed by atoms with E-state index in [4.69, 9.17) is 0 Å². The van der Waals surface area contributed by atoms with Gasteiger partial charge >= 0.3 is 0 Å². The van der Waals surface area contributed by atoms with Crippen molar-refractivity contribution in [3.63, 3.8) is 0 Å². The Balaban J connectivity index is 1.42. The van der Waals surface area contributed by atoms with Crippen LogP contribution in [-0.2, 0) is 26.5 Å².